The summed E-state index contributed by atoms with van der Waals surface area (Å²) in [6.07, 6.45) is 5.05. The molecule has 0 spiro atoms. The SMILES string of the molecule is CN(C)c1ccc2c(c1)C=CC(C#N)N2C(=O)c1ccco1. The first-order valence-electron chi connectivity index (χ1n) is 6.88. The Balaban J connectivity index is 2.08. The third kappa shape index (κ3) is 2.25. The minimum Gasteiger partial charge on any atom is -0.459 e. The Hall–Kier alpha value is -3.00. The largest absolute Gasteiger partial charge is 0.459 e. The quantitative estimate of drug-likeness (QED) is 0.854. The Labute approximate surface area is 128 Å². The summed E-state index contributed by atoms with van der Waals surface area (Å²) < 4.78 is 5.19. The molecule has 0 aliphatic carbocycles. The van der Waals surface area contributed by atoms with Crippen LogP contribution in [0.25, 0.3) is 6.08 Å². The van der Waals surface area contributed by atoms with Gasteiger partial charge in [0.2, 0.25) is 0 Å². The standard InChI is InChI=1S/C17H15N3O2/c1-19(2)13-7-8-15-12(10-13)5-6-14(11-18)20(15)17(21)16-4-3-9-22-16/h3-10,14H,1-2H3. The van der Waals surface area contributed by atoms with Crippen LogP contribution >= 0.6 is 0 Å². The number of nitriles is 1. The Bertz CT molecular complexity index is 770. The molecule has 22 heavy (non-hydrogen) atoms. The van der Waals surface area contributed by atoms with Crippen LogP contribution in [0, 0.1) is 11.3 Å². The fraction of sp³-hybridized carbons (Fsp3) is 0.176. The number of furan rings is 1. The lowest BCUT2D eigenvalue weighted by Gasteiger charge is -2.30. The van der Waals surface area contributed by atoms with Gasteiger partial charge >= 0.3 is 0 Å². The van der Waals surface area contributed by atoms with E-state index in [2.05, 4.69) is 6.07 Å². The molecular formula is C17H15N3O2. The third-order valence-electron chi connectivity index (χ3n) is 3.61. The molecule has 0 fully saturated rings. The molecule has 5 heteroatoms. The van der Waals surface area contributed by atoms with Crippen LogP contribution < -0.4 is 9.80 Å². The molecule has 2 heterocycles. The van der Waals surface area contributed by atoms with Crippen molar-refractivity contribution in [2.75, 3.05) is 23.9 Å². The summed E-state index contributed by atoms with van der Waals surface area (Å²) in [5.41, 5.74) is 2.64. The molecule has 0 bridgehead atoms. The van der Waals surface area contributed by atoms with Crippen LogP contribution in [0.15, 0.2) is 47.1 Å². The smallest absolute Gasteiger partial charge is 0.295 e. The molecule has 0 radical (unpaired) electrons. The minimum atomic E-state index is -0.643. The van der Waals surface area contributed by atoms with Crippen molar-refractivity contribution >= 4 is 23.4 Å². The van der Waals surface area contributed by atoms with E-state index in [0.29, 0.717) is 5.69 Å². The number of carbonyl (C=O) groups excluding carboxylic acids is 1. The van der Waals surface area contributed by atoms with Crippen LogP contribution in [0.1, 0.15) is 16.1 Å². The van der Waals surface area contributed by atoms with E-state index < -0.39 is 6.04 Å². The molecule has 5 nitrogen and oxygen atoms in total. The topological polar surface area (TPSA) is 60.5 Å². The number of hydrogen-bond acceptors (Lipinski definition) is 4. The molecule has 1 amide bonds. The van der Waals surface area contributed by atoms with Gasteiger partial charge in [0.05, 0.1) is 18.0 Å². The second-order valence-corrected chi connectivity index (χ2v) is 5.22. The average Bonchev–Trinajstić information content (AvgIpc) is 3.06. The Kier molecular flexibility index (Phi) is 3.43. The molecule has 0 saturated heterocycles. The molecule has 1 aliphatic heterocycles. The first-order chi connectivity index (χ1) is 10.6. The monoisotopic (exact) mass is 293 g/mol. The van der Waals surface area contributed by atoms with Crippen molar-refractivity contribution in [1.29, 1.82) is 5.26 Å². The molecule has 1 unspecified atom stereocenters. The first-order valence-corrected chi connectivity index (χ1v) is 6.88. The molecule has 1 aromatic heterocycles. The van der Waals surface area contributed by atoms with Gasteiger partial charge in [0, 0.05) is 25.3 Å². The minimum absolute atomic E-state index is 0.221. The fourth-order valence-corrected chi connectivity index (χ4v) is 2.46. The number of nitrogens with zero attached hydrogens (tertiary/aromatic N) is 3. The van der Waals surface area contributed by atoms with Gasteiger partial charge in [0.25, 0.3) is 5.91 Å². The van der Waals surface area contributed by atoms with Gasteiger partial charge in [-0.3, -0.25) is 9.69 Å². The van der Waals surface area contributed by atoms with Crippen LogP contribution in [-0.2, 0) is 0 Å². The van der Waals surface area contributed by atoms with E-state index in [1.165, 1.54) is 11.2 Å². The second kappa shape index (κ2) is 5.41. The third-order valence-corrected chi connectivity index (χ3v) is 3.61. The van der Waals surface area contributed by atoms with E-state index in [-0.39, 0.29) is 11.7 Å². The molecule has 1 aliphatic rings. The molecular weight excluding hydrogens is 278 g/mol. The van der Waals surface area contributed by atoms with Gasteiger partial charge in [-0.05, 0) is 36.4 Å². The summed E-state index contributed by atoms with van der Waals surface area (Å²) in [7, 11) is 3.91. The number of anilines is 2. The van der Waals surface area contributed by atoms with Crippen molar-refractivity contribution in [3.05, 3.63) is 54.0 Å². The molecule has 1 aromatic carbocycles. The van der Waals surface area contributed by atoms with Crippen molar-refractivity contribution < 1.29 is 9.21 Å². The maximum absolute atomic E-state index is 12.6. The van der Waals surface area contributed by atoms with E-state index in [1.54, 1.807) is 18.2 Å². The summed E-state index contributed by atoms with van der Waals surface area (Å²) in [5, 5.41) is 9.34. The Morgan fingerprint density at radius 3 is 2.82 bits per heavy atom. The van der Waals surface area contributed by atoms with Crippen LogP contribution in [0.3, 0.4) is 0 Å². The first kappa shape index (κ1) is 14.0. The van der Waals surface area contributed by atoms with Crippen molar-refractivity contribution in [3.8, 4) is 6.07 Å². The highest BCUT2D eigenvalue weighted by Gasteiger charge is 2.30. The van der Waals surface area contributed by atoms with Crippen LogP contribution in [0.5, 0.6) is 0 Å². The van der Waals surface area contributed by atoms with Gasteiger partial charge in [0.1, 0.15) is 6.04 Å². The van der Waals surface area contributed by atoms with E-state index in [4.69, 9.17) is 4.42 Å². The summed E-state index contributed by atoms with van der Waals surface area (Å²) in [6.45, 7) is 0. The van der Waals surface area contributed by atoms with Crippen molar-refractivity contribution in [3.63, 3.8) is 0 Å². The average molecular weight is 293 g/mol. The van der Waals surface area contributed by atoms with Gasteiger partial charge in [-0.15, -0.1) is 0 Å². The fourth-order valence-electron chi connectivity index (χ4n) is 2.46. The summed E-state index contributed by atoms with van der Waals surface area (Å²) in [4.78, 5) is 16.1. The Morgan fingerprint density at radius 1 is 1.36 bits per heavy atom. The van der Waals surface area contributed by atoms with Crippen LogP contribution in [0.2, 0.25) is 0 Å². The molecule has 3 rings (SSSR count). The maximum atomic E-state index is 12.6. The van der Waals surface area contributed by atoms with E-state index in [0.717, 1.165) is 11.3 Å². The highest BCUT2D eigenvalue weighted by molar-refractivity contribution is 6.07. The zero-order chi connectivity index (χ0) is 15.7. The molecule has 0 N–H and O–H groups in total. The van der Waals surface area contributed by atoms with Crippen molar-refractivity contribution in [2.45, 2.75) is 6.04 Å². The lowest BCUT2D eigenvalue weighted by molar-refractivity contribution is 0.0958. The highest BCUT2D eigenvalue weighted by Crippen LogP contribution is 2.33. The Morgan fingerprint density at radius 2 is 2.18 bits per heavy atom. The number of benzene rings is 1. The van der Waals surface area contributed by atoms with Crippen molar-refractivity contribution in [1.82, 2.24) is 0 Å². The number of fused-ring (bicyclic) bond motifs is 1. The van der Waals surface area contributed by atoms with E-state index >= 15 is 0 Å². The lowest BCUT2D eigenvalue weighted by Crippen LogP contribution is -2.40. The lowest BCUT2D eigenvalue weighted by atomic mass is 10.0. The predicted octanol–water partition coefficient (Wildman–Crippen LogP) is 2.91. The van der Waals surface area contributed by atoms with E-state index in [1.807, 2.05) is 43.3 Å². The highest BCUT2D eigenvalue weighted by atomic mass is 16.3. The van der Waals surface area contributed by atoms with Crippen LogP contribution in [0.4, 0.5) is 11.4 Å². The molecule has 110 valence electrons. The second-order valence-electron chi connectivity index (χ2n) is 5.22. The zero-order valence-electron chi connectivity index (χ0n) is 12.4. The molecule has 0 saturated carbocycles. The molecule has 1 atom stereocenters. The van der Waals surface area contributed by atoms with Gasteiger partial charge in [-0.2, -0.15) is 5.26 Å². The molecule has 2 aromatic rings. The number of carbonyl (C=O) groups is 1. The number of rotatable bonds is 2. The predicted molar refractivity (Wildman–Crippen MR) is 84.7 cm³/mol. The number of amides is 1. The number of hydrogen-bond donors (Lipinski definition) is 0. The summed E-state index contributed by atoms with van der Waals surface area (Å²) in [6, 6.07) is 10.5. The van der Waals surface area contributed by atoms with Crippen LogP contribution in [-0.4, -0.2) is 26.0 Å². The van der Waals surface area contributed by atoms with E-state index in [9.17, 15) is 10.1 Å². The maximum Gasteiger partial charge on any atom is 0.295 e. The van der Waals surface area contributed by atoms with Gasteiger partial charge in [-0.25, -0.2) is 0 Å². The normalized spacial score (nSPS) is 16.0. The van der Waals surface area contributed by atoms with Gasteiger partial charge in [0.15, 0.2) is 5.76 Å². The zero-order valence-corrected chi connectivity index (χ0v) is 12.4. The van der Waals surface area contributed by atoms with Gasteiger partial charge in [-0.1, -0.05) is 6.08 Å². The summed E-state index contributed by atoms with van der Waals surface area (Å²) in [5.74, 6) is -0.0991. The van der Waals surface area contributed by atoms with Gasteiger partial charge < -0.3 is 9.32 Å². The van der Waals surface area contributed by atoms with Crippen molar-refractivity contribution in [2.24, 2.45) is 0 Å². The summed E-state index contributed by atoms with van der Waals surface area (Å²) >= 11 is 0.